The van der Waals surface area contributed by atoms with Crippen molar-refractivity contribution in [1.82, 2.24) is 24.5 Å². The van der Waals surface area contributed by atoms with Crippen molar-refractivity contribution >= 4 is 11.2 Å². The zero-order chi connectivity index (χ0) is 16.6. The molecule has 0 radical (unpaired) electrons. The SMILES string of the molecule is Cn1c(=O)[nH]c(=O)c2nc(C[C@H](O)c3ccccn3)c(=O)[nH]c21. The summed E-state index contributed by atoms with van der Waals surface area (Å²) >= 11 is 0. The van der Waals surface area contributed by atoms with Gasteiger partial charge in [0.2, 0.25) is 0 Å². The molecule has 3 rings (SSSR count). The minimum Gasteiger partial charge on any atom is -0.386 e. The number of nitrogens with one attached hydrogen (secondary N) is 2. The molecule has 0 aliphatic heterocycles. The molecule has 0 aromatic carbocycles. The molecule has 3 aromatic heterocycles. The van der Waals surface area contributed by atoms with E-state index in [0.29, 0.717) is 5.69 Å². The Morgan fingerprint density at radius 1 is 1.22 bits per heavy atom. The first-order chi connectivity index (χ1) is 11.0. The number of aromatic amines is 2. The molecule has 3 aromatic rings. The van der Waals surface area contributed by atoms with Gasteiger partial charge >= 0.3 is 5.69 Å². The van der Waals surface area contributed by atoms with Crippen molar-refractivity contribution in [1.29, 1.82) is 0 Å². The fraction of sp³-hybridized carbons (Fsp3) is 0.214. The lowest BCUT2D eigenvalue weighted by molar-refractivity contribution is 0.172. The molecular weight excluding hydrogens is 302 g/mol. The highest BCUT2D eigenvalue weighted by molar-refractivity contribution is 5.68. The van der Waals surface area contributed by atoms with Crippen LogP contribution in [0.5, 0.6) is 0 Å². The van der Waals surface area contributed by atoms with Gasteiger partial charge in [-0.1, -0.05) is 6.07 Å². The highest BCUT2D eigenvalue weighted by Crippen LogP contribution is 2.13. The van der Waals surface area contributed by atoms with Crippen LogP contribution in [-0.4, -0.2) is 29.6 Å². The van der Waals surface area contributed by atoms with E-state index in [4.69, 9.17) is 0 Å². The average molecular weight is 315 g/mol. The quantitative estimate of drug-likeness (QED) is 0.566. The molecule has 9 nitrogen and oxygen atoms in total. The number of nitrogens with zero attached hydrogens (tertiary/aromatic N) is 3. The number of aryl methyl sites for hydroxylation is 1. The average Bonchev–Trinajstić information content (AvgIpc) is 2.55. The Morgan fingerprint density at radius 2 is 2.00 bits per heavy atom. The lowest BCUT2D eigenvalue weighted by Crippen LogP contribution is -2.32. The number of hydrogen-bond donors (Lipinski definition) is 3. The van der Waals surface area contributed by atoms with Crippen molar-refractivity contribution in [3.8, 4) is 0 Å². The molecule has 0 unspecified atom stereocenters. The van der Waals surface area contributed by atoms with E-state index in [1.54, 1.807) is 18.2 Å². The number of aliphatic hydroxyl groups is 1. The summed E-state index contributed by atoms with van der Waals surface area (Å²) in [6.45, 7) is 0. The third-order valence-corrected chi connectivity index (χ3v) is 3.46. The Bertz CT molecular complexity index is 1030. The smallest absolute Gasteiger partial charge is 0.329 e. The molecule has 9 heteroatoms. The zero-order valence-corrected chi connectivity index (χ0v) is 12.1. The Kier molecular flexibility index (Phi) is 3.62. The van der Waals surface area contributed by atoms with Gasteiger partial charge in [-0.25, -0.2) is 9.78 Å². The normalized spacial score (nSPS) is 12.4. The van der Waals surface area contributed by atoms with Crippen LogP contribution in [0.25, 0.3) is 11.2 Å². The number of pyridine rings is 1. The van der Waals surface area contributed by atoms with Crippen LogP contribution in [0.4, 0.5) is 0 Å². The van der Waals surface area contributed by atoms with Gasteiger partial charge in [0.25, 0.3) is 11.1 Å². The first kappa shape index (κ1) is 14.9. The Morgan fingerprint density at radius 3 is 2.70 bits per heavy atom. The van der Waals surface area contributed by atoms with Gasteiger partial charge in [-0.05, 0) is 12.1 Å². The van der Waals surface area contributed by atoms with Crippen LogP contribution in [0.15, 0.2) is 38.8 Å². The van der Waals surface area contributed by atoms with Gasteiger partial charge in [-0.15, -0.1) is 0 Å². The highest BCUT2D eigenvalue weighted by atomic mass is 16.3. The van der Waals surface area contributed by atoms with Crippen LogP contribution in [-0.2, 0) is 13.5 Å². The van der Waals surface area contributed by atoms with Crippen molar-refractivity contribution in [3.63, 3.8) is 0 Å². The number of hydrogen-bond acceptors (Lipinski definition) is 6. The van der Waals surface area contributed by atoms with E-state index in [2.05, 4.69) is 19.9 Å². The number of rotatable bonds is 3. The molecule has 3 N–H and O–H groups in total. The van der Waals surface area contributed by atoms with E-state index in [9.17, 15) is 19.5 Å². The van der Waals surface area contributed by atoms with Gasteiger partial charge in [-0.3, -0.25) is 24.1 Å². The van der Waals surface area contributed by atoms with Crippen molar-refractivity contribution in [2.24, 2.45) is 7.05 Å². The summed E-state index contributed by atoms with van der Waals surface area (Å²) in [5.41, 5.74) is -1.60. The van der Waals surface area contributed by atoms with Crippen LogP contribution in [0, 0.1) is 0 Å². The van der Waals surface area contributed by atoms with Crippen LogP contribution >= 0.6 is 0 Å². The lowest BCUT2D eigenvalue weighted by atomic mass is 10.1. The van der Waals surface area contributed by atoms with Gasteiger partial charge in [-0.2, -0.15) is 0 Å². The monoisotopic (exact) mass is 315 g/mol. The second-order valence-electron chi connectivity index (χ2n) is 5.00. The molecule has 0 aliphatic rings. The molecule has 23 heavy (non-hydrogen) atoms. The summed E-state index contributed by atoms with van der Waals surface area (Å²) in [6.07, 6.45) is 0.385. The molecule has 118 valence electrons. The van der Waals surface area contributed by atoms with E-state index in [-0.39, 0.29) is 23.3 Å². The first-order valence-corrected chi connectivity index (χ1v) is 6.78. The third-order valence-electron chi connectivity index (χ3n) is 3.46. The van der Waals surface area contributed by atoms with Crippen molar-refractivity contribution < 1.29 is 5.11 Å². The molecule has 0 fully saturated rings. The second-order valence-corrected chi connectivity index (χ2v) is 5.00. The van der Waals surface area contributed by atoms with Gasteiger partial charge in [0.1, 0.15) is 17.4 Å². The molecule has 0 aliphatic carbocycles. The summed E-state index contributed by atoms with van der Waals surface area (Å²) in [5.74, 6) is 0. The van der Waals surface area contributed by atoms with E-state index in [0.717, 1.165) is 4.57 Å². The lowest BCUT2D eigenvalue weighted by Gasteiger charge is -2.09. The fourth-order valence-corrected chi connectivity index (χ4v) is 2.22. The van der Waals surface area contributed by atoms with Crippen LogP contribution in [0.3, 0.4) is 0 Å². The minimum atomic E-state index is -1.03. The largest absolute Gasteiger partial charge is 0.386 e. The van der Waals surface area contributed by atoms with E-state index in [1.165, 1.54) is 13.2 Å². The Balaban J connectivity index is 2.09. The topological polar surface area (TPSA) is 134 Å². The number of fused-ring (bicyclic) bond motifs is 1. The summed E-state index contributed by atoms with van der Waals surface area (Å²) in [6, 6.07) is 5.04. The van der Waals surface area contributed by atoms with Crippen LogP contribution in [0.1, 0.15) is 17.5 Å². The number of aliphatic hydroxyl groups excluding tert-OH is 1. The van der Waals surface area contributed by atoms with E-state index < -0.39 is 22.9 Å². The van der Waals surface area contributed by atoms with Crippen LogP contribution < -0.4 is 16.8 Å². The molecule has 3 heterocycles. The molecular formula is C14H13N5O4. The van der Waals surface area contributed by atoms with Crippen molar-refractivity contribution in [2.45, 2.75) is 12.5 Å². The van der Waals surface area contributed by atoms with Gasteiger partial charge in [0.05, 0.1) is 5.69 Å². The molecule has 0 spiro atoms. The van der Waals surface area contributed by atoms with Gasteiger partial charge in [0.15, 0.2) is 5.52 Å². The van der Waals surface area contributed by atoms with E-state index >= 15 is 0 Å². The van der Waals surface area contributed by atoms with Gasteiger partial charge < -0.3 is 10.1 Å². The van der Waals surface area contributed by atoms with Crippen molar-refractivity contribution in [3.05, 3.63) is 67.0 Å². The molecule has 0 bridgehead atoms. The van der Waals surface area contributed by atoms with E-state index in [1.807, 2.05) is 0 Å². The Hall–Kier alpha value is -3.07. The highest BCUT2D eigenvalue weighted by Gasteiger charge is 2.16. The predicted octanol–water partition coefficient (Wildman–Crippen LogP) is -1.02. The molecule has 0 saturated heterocycles. The summed E-state index contributed by atoms with van der Waals surface area (Å²) < 4.78 is 1.09. The van der Waals surface area contributed by atoms with Gasteiger partial charge in [0, 0.05) is 19.7 Å². The first-order valence-electron chi connectivity index (χ1n) is 6.78. The van der Waals surface area contributed by atoms with Crippen LogP contribution in [0.2, 0.25) is 0 Å². The maximum Gasteiger partial charge on any atom is 0.329 e. The maximum absolute atomic E-state index is 12.1. The standard InChI is InChI=1S/C14H13N5O4/c1-19-11-10(13(22)18-14(19)23)16-8(12(21)17-11)6-9(20)7-4-2-3-5-15-7/h2-5,9,20H,6H2,1H3,(H,17,21)(H,18,22,23)/t9-/m0/s1. The minimum absolute atomic E-state index is 0.0141. The fourth-order valence-electron chi connectivity index (χ4n) is 2.22. The van der Waals surface area contributed by atoms with Crippen molar-refractivity contribution in [2.75, 3.05) is 0 Å². The molecule has 1 atom stereocenters. The summed E-state index contributed by atoms with van der Waals surface area (Å²) in [4.78, 5) is 48.0. The zero-order valence-electron chi connectivity index (χ0n) is 12.1. The summed E-state index contributed by atoms with van der Waals surface area (Å²) in [7, 11) is 1.40. The number of H-pyrrole nitrogens is 2. The third kappa shape index (κ3) is 2.69. The predicted molar refractivity (Wildman–Crippen MR) is 81.1 cm³/mol. The summed E-state index contributed by atoms with van der Waals surface area (Å²) in [5, 5.41) is 10.1. The Labute approximate surface area is 128 Å². The maximum atomic E-state index is 12.1. The number of aromatic nitrogens is 5. The molecule has 0 saturated carbocycles. The molecule has 0 amide bonds. The second kappa shape index (κ2) is 5.61.